The predicted molar refractivity (Wildman–Crippen MR) is 247 cm³/mol. The number of esters is 2. The van der Waals surface area contributed by atoms with Crippen molar-refractivity contribution in [2.45, 2.75) is 115 Å². The molecule has 346 valence electrons. The summed E-state index contributed by atoms with van der Waals surface area (Å²) in [5.74, 6) is 0.250. The molecule has 0 aliphatic carbocycles. The zero-order valence-electron chi connectivity index (χ0n) is 39.3. The van der Waals surface area contributed by atoms with E-state index >= 15 is 0 Å². The minimum Gasteiger partial charge on any atom is -0.375 e. The molecule has 2 aromatic heterocycles. The highest BCUT2D eigenvalue weighted by Gasteiger charge is 2.40. The van der Waals surface area contributed by atoms with E-state index in [0.717, 1.165) is 71.0 Å². The number of ether oxygens (including phenoxy) is 2. The molecule has 2 aliphatic heterocycles. The molecule has 2 aliphatic rings. The Labute approximate surface area is 377 Å². The van der Waals surface area contributed by atoms with Crippen molar-refractivity contribution in [3.63, 3.8) is 0 Å². The number of rotatable bonds is 15. The Bertz CT molecular complexity index is 2290. The Balaban J connectivity index is 1.30. The fourth-order valence-electron chi connectivity index (χ4n) is 9.60. The topological polar surface area (TPSA) is 209 Å². The summed E-state index contributed by atoms with van der Waals surface area (Å²) < 4.78 is 9.81. The average Bonchev–Trinajstić information content (AvgIpc) is 4.04. The van der Waals surface area contributed by atoms with Gasteiger partial charge < -0.3 is 40.7 Å². The van der Waals surface area contributed by atoms with Crippen molar-refractivity contribution >= 4 is 24.1 Å². The molecule has 64 heavy (non-hydrogen) atoms. The second kappa shape index (κ2) is 19.8. The fourth-order valence-corrected chi connectivity index (χ4v) is 9.60. The molecule has 0 radical (unpaired) electrons. The van der Waals surface area contributed by atoms with Gasteiger partial charge in [0.2, 0.25) is 0 Å². The van der Waals surface area contributed by atoms with E-state index in [4.69, 9.17) is 30.9 Å². The summed E-state index contributed by atoms with van der Waals surface area (Å²) in [5, 5.41) is 0. The van der Waals surface area contributed by atoms with Gasteiger partial charge in [0.1, 0.15) is 23.7 Å². The first kappa shape index (κ1) is 48.0. The molecule has 2 fully saturated rings. The van der Waals surface area contributed by atoms with Gasteiger partial charge in [-0.2, -0.15) is 0 Å². The van der Waals surface area contributed by atoms with Crippen LogP contribution in [0.3, 0.4) is 0 Å². The monoisotopic (exact) mass is 881 g/mol. The van der Waals surface area contributed by atoms with Crippen LogP contribution in [0.15, 0.2) is 48.8 Å². The Hall–Kier alpha value is -5.42. The van der Waals surface area contributed by atoms with Crippen molar-refractivity contribution in [2.75, 3.05) is 54.4 Å². The summed E-state index contributed by atoms with van der Waals surface area (Å²) in [6, 6.07) is 11.3. The van der Waals surface area contributed by atoms with E-state index in [2.05, 4.69) is 97.7 Å². The minimum atomic E-state index is -1.10. The van der Waals surface area contributed by atoms with Gasteiger partial charge in [-0.3, -0.25) is 9.80 Å². The Morgan fingerprint density at radius 3 is 1.50 bits per heavy atom. The van der Waals surface area contributed by atoms with Crippen LogP contribution in [0.5, 0.6) is 0 Å². The number of nitrogens with zero attached hydrogens (tertiary/aromatic N) is 6. The van der Waals surface area contributed by atoms with Gasteiger partial charge in [-0.25, -0.2) is 29.1 Å². The molecular weight excluding hydrogens is 813 g/mol. The summed E-state index contributed by atoms with van der Waals surface area (Å²) in [4.78, 5) is 74.5. The average molecular weight is 881 g/mol. The van der Waals surface area contributed by atoms with Crippen LogP contribution >= 0.6 is 0 Å². The Kier molecular flexibility index (Phi) is 14.8. The number of imidazole rings is 2. The number of amides is 2. The normalized spacial score (nSPS) is 18.4. The fraction of sp³-hybridized carbons (Fsp3) is 0.542. The van der Waals surface area contributed by atoms with E-state index < -0.39 is 36.2 Å². The number of hydrogen-bond donors (Lipinski definition) is 4. The van der Waals surface area contributed by atoms with Crippen LogP contribution in [0, 0.1) is 0 Å². The molecule has 4 heterocycles. The summed E-state index contributed by atoms with van der Waals surface area (Å²) in [6.45, 7) is 16.1. The van der Waals surface area contributed by atoms with E-state index in [1.165, 1.54) is 11.1 Å². The number of benzene rings is 2. The first-order valence-corrected chi connectivity index (χ1v) is 22.4. The smallest absolute Gasteiger partial charge is 0.375 e. The Morgan fingerprint density at radius 1 is 0.656 bits per heavy atom. The van der Waals surface area contributed by atoms with Gasteiger partial charge in [-0.1, -0.05) is 77.9 Å². The summed E-state index contributed by atoms with van der Waals surface area (Å²) in [6.07, 6.45) is 5.85. The highest BCUT2D eigenvalue weighted by Crippen LogP contribution is 2.46. The molecule has 2 saturated heterocycles. The number of primary amides is 2. The predicted octanol–water partition coefficient (Wildman–Crippen LogP) is 6.89. The lowest BCUT2D eigenvalue weighted by Gasteiger charge is -2.34. The summed E-state index contributed by atoms with van der Waals surface area (Å²) in [5.41, 5.74) is 18.5. The molecule has 16 heteroatoms. The van der Waals surface area contributed by atoms with Gasteiger partial charge in [0.15, 0.2) is 0 Å². The molecule has 0 saturated carbocycles. The quantitative estimate of drug-likeness (QED) is 0.0711. The molecule has 2 aromatic carbocycles. The standard InChI is InChI=1S/C48H68N10O6/c1-47(2,3)39-31(29-15-17-30(18-16-29)33-27-51-41(53-33)35-13-11-23-57(35)37(21-25-55(7)8)43(59)63-45(49)61)19-20-32(40(39)48(4,5)6)34-28-52-42(54-34)36-14-12-24-58(36)38(22-26-56(9)10)44(60)64-46(50)62/h15-20,27-28,35-38H,11-14,21-26H2,1-10H3,(H2,49,61)(H2,50,62)(H,51,53)(H,52,54)/t35?,36?,37-,38-/m0/s1. The van der Waals surface area contributed by atoms with E-state index in [1.807, 2.05) is 50.4 Å². The van der Waals surface area contributed by atoms with Crippen molar-refractivity contribution in [3.8, 4) is 33.6 Å². The van der Waals surface area contributed by atoms with Crippen molar-refractivity contribution in [1.82, 2.24) is 39.5 Å². The van der Waals surface area contributed by atoms with Crippen LogP contribution < -0.4 is 11.5 Å². The van der Waals surface area contributed by atoms with Gasteiger partial charge in [-0.15, -0.1) is 0 Å². The van der Waals surface area contributed by atoms with Crippen molar-refractivity contribution in [1.29, 1.82) is 0 Å². The molecule has 6 rings (SSSR count). The third-order valence-corrected chi connectivity index (χ3v) is 12.4. The number of aromatic nitrogens is 4. The lowest BCUT2D eigenvalue weighted by atomic mass is 9.70. The van der Waals surface area contributed by atoms with E-state index in [0.29, 0.717) is 39.0 Å². The van der Waals surface area contributed by atoms with E-state index in [1.54, 1.807) is 0 Å². The molecule has 2 unspecified atom stereocenters. The number of carbonyl (C=O) groups excluding carboxylic acids is 4. The molecule has 16 nitrogen and oxygen atoms in total. The highest BCUT2D eigenvalue weighted by atomic mass is 16.6. The lowest BCUT2D eigenvalue weighted by Crippen LogP contribution is -2.44. The Morgan fingerprint density at radius 2 is 1.06 bits per heavy atom. The third kappa shape index (κ3) is 11.1. The van der Waals surface area contributed by atoms with Crippen LogP contribution in [0.1, 0.15) is 115 Å². The summed E-state index contributed by atoms with van der Waals surface area (Å²) >= 11 is 0. The van der Waals surface area contributed by atoms with Crippen LogP contribution in [-0.4, -0.2) is 130 Å². The zero-order chi connectivity index (χ0) is 46.7. The number of aromatic amines is 2. The molecular formula is C48H68N10O6. The van der Waals surface area contributed by atoms with Crippen LogP contribution in [-0.2, 0) is 29.9 Å². The first-order chi connectivity index (χ1) is 30.1. The highest BCUT2D eigenvalue weighted by molar-refractivity contribution is 5.88. The maximum atomic E-state index is 13.2. The van der Waals surface area contributed by atoms with Crippen LogP contribution in [0.25, 0.3) is 33.6 Å². The first-order valence-electron chi connectivity index (χ1n) is 22.4. The van der Waals surface area contributed by atoms with Gasteiger partial charge in [0.25, 0.3) is 0 Å². The van der Waals surface area contributed by atoms with E-state index in [-0.39, 0.29) is 22.9 Å². The zero-order valence-corrected chi connectivity index (χ0v) is 39.3. The molecule has 4 atom stereocenters. The second-order valence-corrected chi connectivity index (χ2v) is 19.8. The number of nitrogens with one attached hydrogen (secondary N) is 2. The maximum Gasteiger partial charge on any atom is 0.412 e. The van der Waals surface area contributed by atoms with Crippen LogP contribution in [0.4, 0.5) is 9.59 Å². The number of likely N-dealkylation sites (tertiary alicyclic amines) is 2. The van der Waals surface area contributed by atoms with Crippen molar-refractivity contribution in [3.05, 3.63) is 71.6 Å². The molecule has 6 N–H and O–H groups in total. The van der Waals surface area contributed by atoms with Gasteiger partial charge in [0.05, 0.1) is 35.9 Å². The third-order valence-electron chi connectivity index (χ3n) is 12.4. The number of H-pyrrole nitrogens is 2. The van der Waals surface area contributed by atoms with Gasteiger partial charge in [0, 0.05) is 5.56 Å². The summed E-state index contributed by atoms with van der Waals surface area (Å²) in [7, 11) is 7.77. The largest absolute Gasteiger partial charge is 0.412 e. The number of carbonyl (C=O) groups is 4. The SMILES string of the molecule is CN(C)CC[C@@H](C(=O)OC(N)=O)N1CCCC1c1ncc(-c2ccc(-c3ccc(-c4cnc(C5CCCN5[C@@H](CCN(C)C)C(=O)OC(N)=O)[nH]4)c(C(C)(C)C)c3C(C)(C)C)cc2)[nH]1. The molecule has 2 amide bonds. The minimum absolute atomic E-state index is 0.149. The van der Waals surface area contributed by atoms with Crippen molar-refractivity contribution in [2.24, 2.45) is 11.5 Å². The van der Waals surface area contributed by atoms with Crippen LogP contribution in [0.2, 0.25) is 0 Å². The molecule has 0 spiro atoms. The molecule has 4 aromatic rings. The maximum absolute atomic E-state index is 13.2. The number of hydrogen-bond acceptors (Lipinski definition) is 12. The number of nitrogens with two attached hydrogens (primary N) is 2. The van der Waals surface area contributed by atoms with E-state index in [9.17, 15) is 19.2 Å². The van der Waals surface area contributed by atoms with Crippen molar-refractivity contribution < 1.29 is 28.7 Å². The second-order valence-electron chi connectivity index (χ2n) is 19.8. The van der Waals surface area contributed by atoms with Gasteiger partial charge >= 0.3 is 24.1 Å². The lowest BCUT2D eigenvalue weighted by molar-refractivity contribution is -0.145. The van der Waals surface area contributed by atoms with Gasteiger partial charge in [-0.05, 0) is 132 Å². The molecule has 0 bridgehead atoms.